The van der Waals surface area contributed by atoms with Gasteiger partial charge in [-0.2, -0.15) is 5.10 Å². The molecule has 0 atom stereocenters. The van der Waals surface area contributed by atoms with Crippen molar-refractivity contribution in [2.24, 2.45) is 7.05 Å². The molecule has 2 aromatic rings. The SMILES string of the molecule is CCC=CCCCCCOc1cccc(CNC(=O)c2cc(CC)nn2C)c1F. The van der Waals surface area contributed by atoms with Crippen LogP contribution in [0.4, 0.5) is 4.39 Å². The third-order valence-corrected chi connectivity index (χ3v) is 4.68. The third kappa shape index (κ3) is 7.04. The van der Waals surface area contributed by atoms with Crippen LogP contribution in [-0.2, 0) is 20.0 Å². The number of hydrogen-bond acceptors (Lipinski definition) is 3. The molecular weight excluding hydrogens is 369 g/mol. The van der Waals surface area contributed by atoms with E-state index in [0.29, 0.717) is 17.9 Å². The van der Waals surface area contributed by atoms with E-state index in [1.165, 1.54) is 0 Å². The lowest BCUT2D eigenvalue weighted by Crippen LogP contribution is -2.25. The van der Waals surface area contributed by atoms with E-state index >= 15 is 0 Å². The molecule has 0 saturated carbocycles. The maximum Gasteiger partial charge on any atom is 0.269 e. The zero-order valence-corrected chi connectivity index (χ0v) is 17.7. The second-order valence-corrected chi connectivity index (χ2v) is 6.99. The van der Waals surface area contributed by atoms with E-state index in [-0.39, 0.29) is 18.2 Å². The standard InChI is InChI=1S/C23H32FN3O2/c1-4-6-7-8-9-10-11-15-29-21-14-12-13-18(22(21)24)17-25-23(28)20-16-19(5-2)26-27(20)3/h6-7,12-14,16H,4-5,8-11,15,17H2,1-3H3,(H,25,28). The van der Waals surface area contributed by atoms with Crippen LogP contribution < -0.4 is 10.1 Å². The number of carbonyl (C=O) groups is 1. The fraction of sp³-hybridized carbons (Fsp3) is 0.478. The molecule has 2 rings (SSSR count). The van der Waals surface area contributed by atoms with Crippen LogP contribution >= 0.6 is 0 Å². The number of ether oxygens (including phenoxy) is 1. The molecule has 1 heterocycles. The number of unbranched alkanes of at least 4 members (excludes halogenated alkanes) is 3. The van der Waals surface area contributed by atoms with Gasteiger partial charge in [0.15, 0.2) is 11.6 Å². The highest BCUT2D eigenvalue weighted by Crippen LogP contribution is 2.21. The van der Waals surface area contributed by atoms with E-state index in [1.54, 1.807) is 36.0 Å². The number of nitrogens with one attached hydrogen (secondary N) is 1. The Bertz CT molecular complexity index is 814. The summed E-state index contributed by atoms with van der Waals surface area (Å²) in [6.07, 6.45) is 10.3. The van der Waals surface area contributed by atoms with Crippen LogP contribution in [0.1, 0.15) is 67.7 Å². The first kappa shape index (κ1) is 22.7. The second kappa shape index (κ2) is 12.0. The summed E-state index contributed by atoms with van der Waals surface area (Å²) < 4.78 is 21.8. The van der Waals surface area contributed by atoms with E-state index in [9.17, 15) is 9.18 Å². The molecule has 1 aromatic carbocycles. The van der Waals surface area contributed by atoms with Crippen molar-refractivity contribution in [1.82, 2.24) is 15.1 Å². The zero-order valence-electron chi connectivity index (χ0n) is 17.7. The summed E-state index contributed by atoms with van der Waals surface area (Å²) >= 11 is 0. The first-order chi connectivity index (χ1) is 14.1. The van der Waals surface area contributed by atoms with Gasteiger partial charge in [-0.1, -0.05) is 38.1 Å². The van der Waals surface area contributed by atoms with E-state index < -0.39 is 5.82 Å². The minimum atomic E-state index is -0.419. The van der Waals surface area contributed by atoms with Gasteiger partial charge in [0, 0.05) is 19.2 Å². The lowest BCUT2D eigenvalue weighted by atomic mass is 10.2. The molecule has 5 nitrogen and oxygen atoms in total. The average Bonchev–Trinajstić information content (AvgIpc) is 3.11. The Balaban J connectivity index is 1.82. The minimum Gasteiger partial charge on any atom is -0.491 e. The Hall–Kier alpha value is -2.63. The van der Waals surface area contributed by atoms with Crippen molar-refractivity contribution in [2.45, 2.75) is 58.9 Å². The van der Waals surface area contributed by atoms with E-state index in [0.717, 1.165) is 44.2 Å². The van der Waals surface area contributed by atoms with Crippen LogP contribution in [0.3, 0.4) is 0 Å². The van der Waals surface area contributed by atoms with Crippen LogP contribution in [0.15, 0.2) is 36.4 Å². The summed E-state index contributed by atoms with van der Waals surface area (Å²) in [4.78, 5) is 12.4. The van der Waals surface area contributed by atoms with Crippen molar-refractivity contribution in [3.63, 3.8) is 0 Å². The predicted octanol–water partition coefficient (Wildman–Crippen LogP) is 4.96. The third-order valence-electron chi connectivity index (χ3n) is 4.68. The Labute approximate surface area is 173 Å². The van der Waals surface area contributed by atoms with E-state index in [4.69, 9.17) is 4.74 Å². The number of benzene rings is 1. The molecule has 158 valence electrons. The monoisotopic (exact) mass is 401 g/mol. The second-order valence-electron chi connectivity index (χ2n) is 6.99. The van der Waals surface area contributed by atoms with Crippen LogP contribution in [0.25, 0.3) is 0 Å². The Morgan fingerprint density at radius 3 is 2.79 bits per heavy atom. The van der Waals surface area contributed by atoms with Crippen molar-refractivity contribution in [3.8, 4) is 5.75 Å². The van der Waals surface area contributed by atoms with Crippen molar-refractivity contribution < 1.29 is 13.9 Å². The number of amides is 1. The molecule has 6 heteroatoms. The maximum atomic E-state index is 14.7. The lowest BCUT2D eigenvalue weighted by molar-refractivity contribution is 0.0941. The number of hydrogen-bond donors (Lipinski definition) is 1. The highest BCUT2D eigenvalue weighted by atomic mass is 19.1. The van der Waals surface area contributed by atoms with Crippen LogP contribution in [0.2, 0.25) is 0 Å². The van der Waals surface area contributed by atoms with E-state index in [1.807, 2.05) is 6.92 Å². The summed E-state index contributed by atoms with van der Waals surface area (Å²) in [5.41, 5.74) is 1.71. The number of carbonyl (C=O) groups excluding carboxylic acids is 1. The molecule has 0 aliphatic rings. The number of allylic oxidation sites excluding steroid dienone is 2. The van der Waals surface area contributed by atoms with Gasteiger partial charge in [0.25, 0.3) is 5.91 Å². The molecule has 0 aliphatic heterocycles. The van der Waals surface area contributed by atoms with Gasteiger partial charge < -0.3 is 10.1 Å². The summed E-state index contributed by atoms with van der Waals surface area (Å²) in [5, 5.41) is 7.02. The molecule has 0 aliphatic carbocycles. The highest BCUT2D eigenvalue weighted by Gasteiger charge is 2.14. The summed E-state index contributed by atoms with van der Waals surface area (Å²) in [6, 6.07) is 6.78. The summed E-state index contributed by atoms with van der Waals surface area (Å²) in [7, 11) is 1.73. The molecule has 1 amide bonds. The lowest BCUT2D eigenvalue weighted by Gasteiger charge is -2.11. The van der Waals surface area contributed by atoms with Crippen LogP contribution in [0, 0.1) is 5.82 Å². The number of aryl methyl sites for hydroxylation is 2. The topological polar surface area (TPSA) is 56.1 Å². The van der Waals surface area contributed by atoms with Crippen LogP contribution in [0.5, 0.6) is 5.75 Å². The van der Waals surface area contributed by atoms with Crippen molar-refractivity contribution >= 4 is 5.91 Å². The zero-order chi connectivity index (χ0) is 21.1. The van der Waals surface area contributed by atoms with Crippen LogP contribution in [-0.4, -0.2) is 22.3 Å². The fourth-order valence-corrected chi connectivity index (χ4v) is 2.99. The van der Waals surface area contributed by atoms with Gasteiger partial charge in [0.1, 0.15) is 5.69 Å². The Morgan fingerprint density at radius 1 is 1.24 bits per heavy atom. The summed E-state index contributed by atoms with van der Waals surface area (Å²) in [6.45, 7) is 4.69. The molecule has 1 N–H and O–H groups in total. The quantitative estimate of drug-likeness (QED) is 0.404. The van der Waals surface area contributed by atoms with Crippen molar-refractivity contribution in [2.75, 3.05) is 6.61 Å². The van der Waals surface area contributed by atoms with Gasteiger partial charge in [0.05, 0.1) is 12.3 Å². The number of nitrogens with zero attached hydrogens (tertiary/aromatic N) is 2. The van der Waals surface area contributed by atoms with Gasteiger partial charge in [-0.25, -0.2) is 4.39 Å². The Morgan fingerprint density at radius 2 is 2.07 bits per heavy atom. The van der Waals surface area contributed by atoms with Gasteiger partial charge in [-0.3, -0.25) is 9.48 Å². The summed E-state index contributed by atoms with van der Waals surface area (Å²) in [5.74, 6) is -0.461. The number of rotatable bonds is 12. The molecule has 0 radical (unpaired) electrons. The van der Waals surface area contributed by atoms with Gasteiger partial charge in [-0.15, -0.1) is 0 Å². The maximum absolute atomic E-state index is 14.7. The highest BCUT2D eigenvalue weighted by molar-refractivity contribution is 5.92. The molecule has 0 bridgehead atoms. The molecule has 1 aromatic heterocycles. The molecule has 0 unspecified atom stereocenters. The first-order valence-electron chi connectivity index (χ1n) is 10.4. The van der Waals surface area contributed by atoms with Crippen molar-refractivity contribution in [1.29, 1.82) is 0 Å². The smallest absolute Gasteiger partial charge is 0.269 e. The number of halogens is 1. The average molecular weight is 402 g/mol. The first-order valence-corrected chi connectivity index (χ1v) is 10.4. The normalized spacial score (nSPS) is 11.2. The largest absolute Gasteiger partial charge is 0.491 e. The van der Waals surface area contributed by atoms with Crippen molar-refractivity contribution in [3.05, 3.63) is 59.2 Å². The Kier molecular flexibility index (Phi) is 9.41. The van der Waals surface area contributed by atoms with E-state index in [2.05, 4.69) is 29.5 Å². The molecule has 29 heavy (non-hydrogen) atoms. The molecular formula is C23H32FN3O2. The number of aromatic nitrogens is 2. The van der Waals surface area contributed by atoms with Gasteiger partial charge in [0.2, 0.25) is 0 Å². The molecule has 0 spiro atoms. The molecule has 0 saturated heterocycles. The van der Waals surface area contributed by atoms with Gasteiger partial charge >= 0.3 is 0 Å². The fourth-order valence-electron chi connectivity index (χ4n) is 2.99. The predicted molar refractivity (Wildman–Crippen MR) is 114 cm³/mol. The van der Waals surface area contributed by atoms with Gasteiger partial charge in [-0.05, 0) is 50.7 Å². The minimum absolute atomic E-state index is 0.0955. The molecule has 0 fully saturated rings.